The smallest absolute Gasteiger partial charge is 0.355 e. The SMILES string of the molecule is COC(=O)c1c(-c2cc(OC)c(OC)c(OC)c2)c2ccc(OCc3cccc(CO)n3)cc2c(=O)n1Cc1ccncc1. The van der Waals surface area contributed by atoms with Crippen molar-refractivity contribution in [2.45, 2.75) is 19.8 Å². The topological polar surface area (TPSA) is 131 Å². The molecule has 11 nitrogen and oxygen atoms in total. The molecule has 3 aromatic heterocycles. The number of pyridine rings is 3. The molecule has 5 aromatic rings. The van der Waals surface area contributed by atoms with Crippen LogP contribution in [0.4, 0.5) is 0 Å². The van der Waals surface area contributed by atoms with Crippen LogP contribution in [0.1, 0.15) is 27.4 Å². The summed E-state index contributed by atoms with van der Waals surface area (Å²) in [5, 5.41) is 10.2. The third kappa shape index (κ3) is 5.90. The van der Waals surface area contributed by atoms with E-state index in [0.29, 0.717) is 56.3 Å². The summed E-state index contributed by atoms with van der Waals surface area (Å²) in [5.74, 6) is 0.841. The quantitative estimate of drug-likeness (QED) is 0.219. The number of methoxy groups -OCH3 is 4. The summed E-state index contributed by atoms with van der Waals surface area (Å²) < 4.78 is 29.3. The second-order valence-electron chi connectivity index (χ2n) is 9.65. The number of esters is 1. The van der Waals surface area contributed by atoms with Gasteiger partial charge in [0, 0.05) is 18.0 Å². The van der Waals surface area contributed by atoms with E-state index in [2.05, 4.69) is 9.97 Å². The molecule has 2 aromatic carbocycles. The van der Waals surface area contributed by atoms with Gasteiger partial charge in [-0.3, -0.25) is 19.3 Å². The van der Waals surface area contributed by atoms with Crippen molar-refractivity contribution in [1.29, 1.82) is 0 Å². The number of hydrogen-bond acceptors (Lipinski definition) is 10. The number of aromatic nitrogens is 3. The zero-order valence-corrected chi connectivity index (χ0v) is 24.7. The van der Waals surface area contributed by atoms with Crippen LogP contribution in [0.3, 0.4) is 0 Å². The Kier molecular flexibility index (Phi) is 9.06. The molecule has 44 heavy (non-hydrogen) atoms. The van der Waals surface area contributed by atoms with Gasteiger partial charge in [0.2, 0.25) is 5.75 Å². The lowest BCUT2D eigenvalue weighted by molar-refractivity contribution is 0.0588. The zero-order valence-electron chi connectivity index (χ0n) is 24.7. The Morgan fingerprint density at radius 1 is 0.864 bits per heavy atom. The average Bonchev–Trinajstić information content (AvgIpc) is 3.07. The lowest BCUT2D eigenvalue weighted by Crippen LogP contribution is -2.28. The van der Waals surface area contributed by atoms with Crippen molar-refractivity contribution in [2.75, 3.05) is 28.4 Å². The van der Waals surface area contributed by atoms with E-state index in [9.17, 15) is 14.7 Å². The van der Waals surface area contributed by atoms with E-state index in [-0.39, 0.29) is 25.5 Å². The molecule has 0 aliphatic carbocycles. The van der Waals surface area contributed by atoms with E-state index in [1.165, 1.54) is 33.0 Å². The molecule has 0 radical (unpaired) electrons. The summed E-state index contributed by atoms with van der Waals surface area (Å²) in [6.45, 7) is -0.000289. The van der Waals surface area contributed by atoms with Crippen LogP contribution in [0.15, 0.2) is 77.9 Å². The van der Waals surface area contributed by atoms with Crippen molar-refractivity contribution in [2.24, 2.45) is 0 Å². The van der Waals surface area contributed by atoms with E-state index < -0.39 is 11.5 Å². The molecule has 3 heterocycles. The van der Waals surface area contributed by atoms with Gasteiger partial charge in [-0.2, -0.15) is 0 Å². The molecule has 0 amide bonds. The average molecular weight is 598 g/mol. The number of aliphatic hydroxyl groups excluding tert-OH is 1. The fraction of sp³-hybridized carbons (Fsp3) is 0.212. The Bertz CT molecular complexity index is 1850. The summed E-state index contributed by atoms with van der Waals surface area (Å²) in [7, 11) is 5.77. The van der Waals surface area contributed by atoms with Gasteiger partial charge in [-0.25, -0.2) is 4.79 Å². The number of ether oxygens (including phenoxy) is 5. The maximum atomic E-state index is 14.2. The summed E-state index contributed by atoms with van der Waals surface area (Å²) in [6, 6.07) is 17.3. The van der Waals surface area contributed by atoms with Crippen LogP contribution in [0.5, 0.6) is 23.0 Å². The van der Waals surface area contributed by atoms with E-state index in [1.54, 1.807) is 73.1 Å². The van der Waals surface area contributed by atoms with Crippen molar-refractivity contribution in [3.05, 3.63) is 106 Å². The highest BCUT2D eigenvalue weighted by Crippen LogP contribution is 2.43. The Hall–Kier alpha value is -5.42. The largest absolute Gasteiger partial charge is 0.493 e. The molecule has 11 heteroatoms. The number of aliphatic hydroxyl groups is 1. The minimum Gasteiger partial charge on any atom is -0.493 e. The highest BCUT2D eigenvalue weighted by atomic mass is 16.5. The highest BCUT2D eigenvalue weighted by molar-refractivity contribution is 6.07. The van der Waals surface area contributed by atoms with Crippen molar-refractivity contribution in [3.8, 4) is 34.1 Å². The van der Waals surface area contributed by atoms with Crippen LogP contribution in [0.2, 0.25) is 0 Å². The van der Waals surface area contributed by atoms with Gasteiger partial charge in [-0.1, -0.05) is 6.07 Å². The first-order valence-electron chi connectivity index (χ1n) is 13.6. The molecule has 1 N–H and O–H groups in total. The molecule has 0 unspecified atom stereocenters. The maximum absolute atomic E-state index is 14.2. The fourth-order valence-corrected chi connectivity index (χ4v) is 5.02. The van der Waals surface area contributed by atoms with Crippen LogP contribution < -0.4 is 24.5 Å². The van der Waals surface area contributed by atoms with Gasteiger partial charge in [0.05, 0.1) is 58.4 Å². The van der Waals surface area contributed by atoms with Gasteiger partial charge < -0.3 is 28.8 Å². The number of nitrogens with zero attached hydrogens (tertiary/aromatic N) is 3. The maximum Gasteiger partial charge on any atom is 0.355 e. The van der Waals surface area contributed by atoms with Crippen molar-refractivity contribution >= 4 is 16.7 Å². The van der Waals surface area contributed by atoms with Gasteiger partial charge in [0.15, 0.2) is 11.5 Å². The summed E-state index contributed by atoms with van der Waals surface area (Å²) in [4.78, 5) is 36.1. The number of fused-ring (bicyclic) bond motifs is 1. The lowest BCUT2D eigenvalue weighted by Gasteiger charge is -2.21. The van der Waals surface area contributed by atoms with Crippen LogP contribution in [0, 0.1) is 0 Å². The molecule has 0 bridgehead atoms. The van der Waals surface area contributed by atoms with Gasteiger partial charge in [0.25, 0.3) is 5.56 Å². The molecular weight excluding hydrogens is 566 g/mol. The van der Waals surface area contributed by atoms with E-state index in [0.717, 1.165) is 5.56 Å². The predicted molar refractivity (Wildman–Crippen MR) is 162 cm³/mol. The molecular formula is C33H31N3O8. The Morgan fingerprint density at radius 3 is 2.20 bits per heavy atom. The van der Waals surface area contributed by atoms with E-state index in [1.807, 2.05) is 0 Å². The van der Waals surface area contributed by atoms with Crippen LogP contribution in [-0.4, -0.2) is 54.1 Å². The highest BCUT2D eigenvalue weighted by Gasteiger charge is 2.26. The molecule has 0 atom stereocenters. The Balaban J connectivity index is 1.77. The fourth-order valence-electron chi connectivity index (χ4n) is 5.02. The van der Waals surface area contributed by atoms with Crippen LogP contribution in [0.25, 0.3) is 21.9 Å². The number of benzene rings is 2. The first kappa shape index (κ1) is 30.1. The number of rotatable bonds is 11. The van der Waals surface area contributed by atoms with Crippen molar-refractivity contribution in [3.63, 3.8) is 0 Å². The molecule has 0 saturated heterocycles. The molecule has 0 fully saturated rings. The summed E-state index contributed by atoms with van der Waals surface area (Å²) in [6.07, 6.45) is 3.23. The summed E-state index contributed by atoms with van der Waals surface area (Å²) >= 11 is 0. The molecule has 226 valence electrons. The third-order valence-corrected chi connectivity index (χ3v) is 7.08. The van der Waals surface area contributed by atoms with Crippen molar-refractivity contribution < 1.29 is 33.6 Å². The first-order chi connectivity index (χ1) is 21.4. The first-order valence-corrected chi connectivity index (χ1v) is 13.6. The van der Waals surface area contributed by atoms with Gasteiger partial charge in [0.1, 0.15) is 18.1 Å². The number of carbonyl (C=O) groups excluding carboxylic acids is 1. The second-order valence-corrected chi connectivity index (χ2v) is 9.65. The van der Waals surface area contributed by atoms with Gasteiger partial charge in [-0.05, 0) is 71.1 Å². The van der Waals surface area contributed by atoms with Gasteiger partial charge >= 0.3 is 5.97 Å². The molecule has 0 aliphatic heterocycles. The van der Waals surface area contributed by atoms with E-state index in [4.69, 9.17) is 23.7 Å². The Morgan fingerprint density at radius 2 is 1.57 bits per heavy atom. The predicted octanol–water partition coefficient (Wildman–Crippen LogP) is 4.39. The minimum atomic E-state index is -0.697. The zero-order chi connectivity index (χ0) is 31.2. The second kappa shape index (κ2) is 13.3. The lowest BCUT2D eigenvalue weighted by atomic mass is 9.95. The van der Waals surface area contributed by atoms with Crippen LogP contribution in [-0.2, 0) is 24.5 Å². The normalized spacial score (nSPS) is 10.8. The number of carbonyl (C=O) groups is 1. The third-order valence-electron chi connectivity index (χ3n) is 7.08. The van der Waals surface area contributed by atoms with E-state index >= 15 is 0 Å². The molecule has 0 spiro atoms. The van der Waals surface area contributed by atoms with Crippen molar-refractivity contribution in [1.82, 2.24) is 14.5 Å². The van der Waals surface area contributed by atoms with Gasteiger partial charge in [-0.15, -0.1) is 0 Å². The minimum absolute atomic E-state index is 0.0507. The molecule has 0 saturated carbocycles. The Labute approximate surface area is 253 Å². The standard InChI is InChI=1S/C33H31N3O8/c1-40-27-14-21(15-28(41-2)31(27)42-3)29-25-9-8-24(44-19-23-7-5-6-22(18-37)35-23)16-26(25)32(38)36(30(29)33(39)43-4)17-20-10-12-34-13-11-20/h5-16,37H,17-19H2,1-4H3. The summed E-state index contributed by atoms with van der Waals surface area (Å²) in [5.41, 5.74) is 2.49. The molecule has 5 rings (SSSR count). The number of hydrogen-bond donors (Lipinski definition) is 1. The molecule has 0 aliphatic rings. The van der Waals surface area contributed by atoms with Crippen LogP contribution >= 0.6 is 0 Å². The monoisotopic (exact) mass is 597 g/mol.